The summed E-state index contributed by atoms with van der Waals surface area (Å²) in [6, 6.07) is 1.53. The average molecular weight is 252 g/mol. The van der Waals surface area contributed by atoms with Crippen molar-refractivity contribution in [2.75, 3.05) is 19.6 Å². The second kappa shape index (κ2) is 5.92. The third kappa shape index (κ3) is 3.71. The fourth-order valence-corrected chi connectivity index (χ4v) is 3.73. The first-order chi connectivity index (χ1) is 8.48. The van der Waals surface area contributed by atoms with Gasteiger partial charge in [-0.3, -0.25) is 4.90 Å². The van der Waals surface area contributed by atoms with Gasteiger partial charge in [0.25, 0.3) is 0 Å². The molecule has 2 rings (SSSR count). The zero-order chi connectivity index (χ0) is 13.2. The Hall–Kier alpha value is -0.0800. The molecule has 2 nitrogen and oxygen atoms in total. The van der Waals surface area contributed by atoms with E-state index in [9.17, 15) is 0 Å². The predicted molar refractivity (Wildman–Crippen MR) is 78.9 cm³/mol. The Bertz CT molecular complexity index is 260. The topological polar surface area (TPSA) is 15.3 Å². The van der Waals surface area contributed by atoms with Crippen molar-refractivity contribution in [2.24, 2.45) is 11.3 Å². The minimum Gasteiger partial charge on any atom is -0.312 e. The van der Waals surface area contributed by atoms with Crippen LogP contribution in [0.2, 0.25) is 0 Å². The van der Waals surface area contributed by atoms with Gasteiger partial charge in [0.05, 0.1) is 0 Å². The largest absolute Gasteiger partial charge is 0.312 e. The van der Waals surface area contributed by atoms with Gasteiger partial charge in [-0.15, -0.1) is 0 Å². The van der Waals surface area contributed by atoms with Crippen molar-refractivity contribution in [1.82, 2.24) is 10.2 Å². The van der Waals surface area contributed by atoms with Gasteiger partial charge < -0.3 is 5.32 Å². The second-order valence-corrected chi connectivity index (χ2v) is 7.57. The zero-order valence-corrected chi connectivity index (χ0v) is 12.8. The maximum Gasteiger partial charge on any atom is 0.0218 e. The summed E-state index contributed by atoms with van der Waals surface area (Å²) in [6.45, 7) is 13.4. The first kappa shape index (κ1) is 14.3. The summed E-state index contributed by atoms with van der Waals surface area (Å²) in [5.74, 6) is 0.752. The highest BCUT2D eigenvalue weighted by Crippen LogP contribution is 2.37. The van der Waals surface area contributed by atoms with Crippen LogP contribution >= 0.6 is 0 Å². The van der Waals surface area contributed by atoms with E-state index in [-0.39, 0.29) is 0 Å². The molecule has 1 aliphatic carbocycles. The number of rotatable bonds is 2. The molecule has 1 N–H and O–H groups in total. The molecule has 0 bridgehead atoms. The Balaban J connectivity index is 1.97. The van der Waals surface area contributed by atoms with Gasteiger partial charge in [-0.25, -0.2) is 0 Å². The van der Waals surface area contributed by atoms with E-state index in [0.29, 0.717) is 11.5 Å². The highest BCUT2D eigenvalue weighted by molar-refractivity contribution is 4.88. The Morgan fingerprint density at radius 1 is 1.22 bits per heavy atom. The molecule has 1 saturated heterocycles. The molecule has 2 heteroatoms. The molecular formula is C16H32N2. The van der Waals surface area contributed by atoms with Crippen molar-refractivity contribution >= 4 is 0 Å². The van der Waals surface area contributed by atoms with Crippen LogP contribution in [0.25, 0.3) is 0 Å². The van der Waals surface area contributed by atoms with Gasteiger partial charge in [0.1, 0.15) is 0 Å². The van der Waals surface area contributed by atoms with Crippen molar-refractivity contribution in [3.63, 3.8) is 0 Å². The lowest BCUT2D eigenvalue weighted by atomic mass is 9.74. The van der Waals surface area contributed by atoms with Crippen LogP contribution in [-0.4, -0.2) is 36.6 Å². The summed E-state index contributed by atoms with van der Waals surface area (Å²) in [7, 11) is 0. The first-order valence-electron chi connectivity index (χ1n) is 7.95. The fourth-order valence-electron chi connectivity index (χ4n) is 3.73. The Morgan fingerprint density at radius 2 is 2.00 bits per heavy atom. The lowest BCUT2D eigenvalue weighted by molar-refractivity contribution is 0.0890. The van der Waals surface area contributed by atoms with Crippen molar-refractivity contribution in [3.8, 4) is 0 Å². The minimum absolute atomic E-state index is 0.565. The van der Waals surface area contributed by atoms with Crippen LogP contribution in [0.5, 0.6) is 0 Å². The standard InChI is InChI=1S/C16H32N2/c1-13(2)15-12-18(10-6-9-17-15)14-7-5-8-16(3,4)11-14/h13-15,17H,5-12H2,1-4H3. The molecule has 1 aliphatic heterocycles. The molecule has 1 heterocycles. The lowest BCUT2D eigenvalue weighted by Gasteiger charge is -2.42. The smallest absolute Gasteiger partial charge is 0.0218 e. The quantitative estimate of drug-likeness (QED) is 0.811. The van der Waals surface area contributed by atoms with Crippen LogP contribution in [0, 0.1) is 11.3 Å². The summed E-state index contributed by atoms with van der Waals surface area (Å²) in [4.78, 5) is 2.80. The van der Waals surface area contributed by atoms with E-state index in [4.69, 9.17) is 0 Å². The fraction of sp³-hybridized carbons (Fsp3) is 1.00. The van der Waals surface area contributed by atoms with Crippen LogP contribution in [0.15, 0.2) is 0 Å². The summed E-state index contributed by atoms with van der Waals surface area (Å²) < 4.78 is 0. The third-order valence-corrected chi connectivity index (χ3v) is 4.96. The van der Waals surface area contributed by atoms with E-state index < -0.39 is 0 Å². The lowest BCUT2D eigenvalue weighted by Crippen LogP contribution is -2.47. The molecule has 18 heavy (non-hydrogen) atoms. The molecule has 0 amide bonds. The highest BCUT2D eigenvalue weighted by atomic mass is 15.2. The maximum atomic E-state index is 3.73. The Kier molecular flexibility index (Phi) is 4.71. The molecule has 1 saturated carbocycles. The zero-order valence-electron chi connectivity index (χ0n) is 12.8. The number of nitrogens with zero attached hydrogens (tertiary/aromatic N) is 1. The number of nitrogens with one attached hydrogen (secondary N) is 1. The minimum atomic E-state index is 0.565. The van der Waals surface area contributed by atoms with Crippen LogP contribution in [-0.2, 0) is 0 Å². The van der Waals surface area contributed by atoms with E-state index in [2.05, 4.69) is 37.9 Å². The molecule has 2 fully saturated rings. The van der Waals surface area contributed by atoms with Crippen molar-refractivity contribution < 1.29 is 0 Å². The van der Waals surface area contributed by atoms with Crippen LogP contribution in [0.1, 0.15) is 59.8 Å². The van der Waals surface area contributed by atoms with Crippen LogP contribution in [0.3, 0.4) is 0 Å². The molecule has 2 atom stereocenters. The molecule has 0 aromatic heterocycles. The summed E-state index contributed by atoms with van der Waals surface area (Å²) >= 11 is 0. The van der Waals surface area contributed by atoms with Gasteiger partial charge in [0, 0.05) is 18.6 Å². The van der Waals surface area contributed by atoms with Crippen molar-refractivity contribution in [2.45, 2.75) is 71.9 Å². The summed E-state index contributed by atoms with van der Waals surface area (Å²) in [6.07, 6.45) is 6.99. The molecule has 2 unspecified atom stereocenters. The molecule has 0 radical (unpaired) electrons. The highest BCUT2D eigenvalue weighted by Gasteiger charge is 2.33. The van der Waals surface area contributed by atoms with E-state index in [1.54, 1.807) is 0 Å². The normalized spacial score (nSPS) is 34.5. The predicted octanol–water partition coefficient (Wildman–Crippen LogP) is 3.28. The molecule has 0 aromatic rings. The first-order valence-corrected chi connectivity index (χ1v) is 7.95. The van der Waals surface area contributed by atoms with E-state index in [1.165, 1.54) is 51.7 Å². The summed E-state index contributed by atoms with van der Waals surface area (Å²) in [5.41, 5.74) is 0.565. The number of hydrogen-bond acceptors (Lipinski definition) is 2. The van der Waals surface area contributed by atoms with Gasteiger partial charge in [-0.05, 0) is 50.1 Å². The molecule has 106 valence electrons. The average Bonchev–Trinajstić information content (AvgIpc) is 2.53. The molecule has 2 aliphatic rings. The van der Waals surface area contributed by atoms with Gasteiger partial charge in [-0.2, -0.15) is 0 Å². The Labute approximate surface area is 114 Å². The molecule has 0 spiro atoms. The van der Waals surface area contributed by atoms with E-state index >= 15 is 0 Å². The molecular weight excluding hydrogens is 220 g/mol. The SMILES string of the molecule is CC(C)C1CN(C2CCCC(C)(C)C2)CCCN1. The summed E-state index contributed by atoms with van der Waals surface area (Å²) in [5, 5.41) is 3.73. The number of hydrogen-bond donors (Lipinski definition) is 1. The Morgan fingerprint density at radius 3 is 2.67 bits per heavy atom. The van der Waals surface area contributed by atoms with Gasteiger partial charge in [-0.1, -0.05) is 34.1 Å². The van der Waals surface area contributed by atoms with Gasteiger partial charge in [0.15, 0.2) is 0 Å². The monoisotopic (exact) mass is 252 g/mol. The third-order valence-electron chi connectivity index (χ3n) is 4.96. The van der Waals surface area contributed by atoms with Crippen molar-refractivity contribution in [1.29, 1.82) is 0 Å². The van der Waals surface area contributed by atoms with Gasteiger partial charge in [0.2, 0.25) is 0 Å². The van der Waals surface area contributed by atoms with Crippen LogP contribution < -0.4 is 5.32 Å². The van der Waals surface area contributed by atoms with Crippen LogP contribution in [0.4, 0.5) is 0 Å². The maximum absolute atomic E-state index is 3.73. The van der Waals surface area contributed by atoms with Crippen molar-refractivity contribution in [3.05, 3.63) is 0 Å². The second-order valence-electron chi connectivity index (χ2n) is 7.57. The van der Waals surface area contributed by atoms with E-state index in [1.807, 2.05) is 0 Å². The van der Waals surface area contributed by atoms with Gasteiger partial charge >= 0.3 is 0 Å². The molecule has 0 aromatic carbocycles. The van der Waals surface area contributed by atoms with E-state index in [0.717, 1.165) is 12.0 Å².